The minimum absolute atomic E-state index is 0.302. The summed E-state index contributed by atoms with van der Waals surface area (Å²) in [6.45, 7) is 2.56. The highest BCUT2D eigenvalue weighted by molar-refractivity contribution is 4.82. The Morgan fingerprint density at radius 2 is 2.56 bits per heavy atom. The Balaban J connectivity index is 1.98. The van der Waals surface area contributed by atoms with Crippen LogP contribution in [0.25, 0.3) is 0 Å². The van der Waals surface area contributed by atoms with Crippen molar-refractivity contribution in [2.45, 2.75) is 12.8 Å². The summed E-state index contributed by atoms with van der Waals surface area (Å²) in [7, 11) is 0. The molecule has 2 N–H and O–H groups in total. The number of hydrogen-bond acceptors (Lipinski definition) is 2. The average Bonchev–Trinajstić information content (AvgIpc) is 2.34. The van der Waals surface area contributed by atoms with Crippen LogP contribution in [0.1, 0.15) is 12.8 Å². The van der Waals surface area contributed by atoms with E-state index < -0.39 is 0 Å². The first-order valence-electron chi connectivity index (χ1n) is 3.58. The van der Waals surface area contributed by atoms with Crippen LogP contribution in [0.4, 0.5) is 0 Å². The maximum absolute atomic E-state index is 8.47. The second kappa shape index (κ2) is 3.85. The van der Waals surface area contributed by atoms with Gasteiger partial charge in [0.2, 0.25) is 0 Å². The number of aliphatic hydroxyl groups excluding tert-OH is 1. The normalized spacial score (nSPS) is 27.0. The standard InChI is InChI=1S/C7H14NO/c9-5-1-2-7-3-4-8-6-7/h2,7-9H,1,3-6H2/t7-/m0/s1. The Bertz CT molecular complexity index is 69.3. The lowest BCUT2D eigenvalue weighted by Gasteiger charge is -2.03. The first-order valence-corrected chi connectivity index (χ1v) is 3.58. The van der Waals surface area contributed by atoms with Crippen molar-refractivity contribution >= 4 is 0 Å². The van der Waals surface area contributed by atoms with Crippen LogP contribution < -0.4 is 5.32 Å². The van der Waals surface area contributed by atoms with Gasteiger partial charge >= 0.3 is 0 Å². The van der Waals surface area contributed by atoms with Crippen LogP contribution in [0, 0.1) is 12.3 Å². The smallest absolute Gasteiger partial charge is 0.0433 e. The van der Waals surface area contributed by atoms with Gasteiger partial charge in [-0.25, -0.2) is 0 Å². The largest absolute Gasteiger partial charge is 0.396 e. The van der Waals surface area contributed by atoms with Crippen molar-refractivity contribution in [3.05, 3.63) is 6.42 Å². The molecule has 1 atom stereocenters. The summed E-state index contributed by atoms with van der Waals surface area (Å²) in [5.74, 6) is 0.720. The molecule has 0 aromatic heterocycles. The summed E-state index contributed by atoms with van der Waals surface area (Å²) in [5, 5.41) is 11.7. The van der Waals surface area contributed by atoms with E-state index in [1.54, 1.807) is 0 Å². The molecule has 1 radical (unpaired) electrons. The molecule has 1 aliphatic heterocycles. The van der Waals surface area contributed by atoms with E-state index in [2.05, 4.69) is 11.7 Å². The Hall–Kier alpha value is -0.0800. The summed E-state index contributed by atoms with van der Waals surface area (Å²) < 4.78 is 0. The van der Waals surface area contributed by atoms with Crippen molar-refractivity contribution in [3.8, 4) is 0 Å². The van der Waals surface area contributed by atoms with Gasteiger partial charge in [-0.1, -0.05) is 0 Å². The predicted molar refractivity (Wildman–Crippen MR) is 37.0 cm³/mol. The quantitative estimate of drug-likeness (QED) is 0.568. The maximum Gasteiger partial charge on any atom is 0.0433 e. The molecule has 2 nitrogen and oxygen atoms in total. The van der Waals surface area contributed by atoms with Gasteiger partial charge in [-0.2, -0.15) is 0 Å². The Morgan fingerprint density at radius 3 is 3.11 bits per heavy atom. The van der Waals surface area contributed by atoms with E-state index in [1.807, 2.05) is 0 Å². The van der Waals surface area contributed by atoms with Crippen molar-refractivity contribution in [1.29, 1.82) is 0 Å². The molecular weight excluding hydrogens is 114 g/mol. The molecule has 0 unspecified atom stereocenters. The van der Waals surface area contributed by atoms with Crippen LogP contribution in [0.3, 0.4) is 0 Å². The van der Waals surface area contributed by atoms with Gasteiger partial charge in [0, 0.05) is 6.61 Å². The average molecular weight is 128 g/mol. The van der Waals surface area contributed by atoms with E-state index in [4.69, 9.17) is 5.11 Å². The summed E-state index contributed by atoms with van der Waals surface area (Å²) in [6.07, 6.45) is 4.31. The molecule has 1 rings (SSSR count). The third-order valence-corrected chi connectivity index (χ3v) is 1.73. The van der Waals surface area contributed by atoms with Crippen molar-refractivity contribution < 1.29 is 5.11 Å². The molecule has 0 amide bonds. The lowest BCUT2D eigenvalue weighted by atomic mass is 10.0. The van der Waals surface area contributed by atoms with Gasteiger partial charge in [-0.15, -0.1) is 0 Å². The lowest BCUT2D eigenvalue weighted by molar-refractivity contribution is 0.293. The van der Waals surface area contributed by atoms with Crippen LogP contribution in [0.2, 0.25) is 0 Å². The molecule has 0 bridgehead atoms. The summed E-state index contributed by atoms with van der Waals surface area (Å²) >= 11 is 0. The molecule has 0 spiro atoms. The molecule has 0 aromatic carbocycles. The van der Waals surface area contributed by atoms with E-state index in [0.29, 0.717) is 6.61 Å². The van der Waals surface area contributed by atoms with Crippen molar-refractivity contribution in [3.63, 3.8) is 0 Å². The fourth-order valence-electron chi connectivity index (χ4n) is 1.19. The second-order valence-corrected chi connectivity index (χ2v) is 2.50. The molecule has 0 aromatic rings. The summed E-state index contributed by atoms with van der Waals surface area (Å²) in [4.78, 5) is 0. The second-order valence-electron chi connectivity index (χ2n) is 2.50. The lowest BCUT2D eigenvalue weighted by Crippen LogP contribution is -2.09. The van der Waals surface area contributed by atoms with E-state index in [0.717, 1.165) is 25.4 Å². The minimum Gasteiger partial charge on any atom is -0.396 e. The Morgan fingerprint density at radius 1 is 1.67 bits per heavy atom. The van der Waals surface area contributed by atoms with Gasteiger partial charge in [0.1, 0.15) is 0 Å². The first-order chi connectivity index (χ1) is 4.43. The van der Waals surface area contributed by atoms with Crippen LogP contribution in [0.15, 0.2) is 0 Å². The summed E-state index contributed by atoms with van der Waals surface area (Å²) in [6, 6.07) is 0. The fourth-order valence-corrected chi connectivity index (χ4v) is 1.19. The monoisotopic (exact) mass is 128 g/mol. The predicted octanol–water partition coefficient (Wildman–Crippen LogP) is 0.183. The molecule has 1 aliphatic rings. The molecule has 0 saturated carbocycles. The molecule has 1 heterocycles. The number of aliphatic hydroxyl groups is 1. The van der Waals surface area contributed by atoms with E-state index in [1.165, 1.54) is 6.42 Å². The van der Waals surface area contributed by atoms with Gasteiger partial charge in [-0.3, -0.25) is 0 Å². The molecule has 9 heavy (non-hydrogen) atoms. The van der Waals surface area contributed by atoms with Gasteiger partial charge in [0.15, 0.2) is 0 Å². The first kappa shape index (κ1) is 7.03. The minimum atomic E-state index is 0.302. The molecule has 2 heteroatoms. The number of nitrogens with one attached hydrogen (secondary N) is 1. The molecule has 1 saturated heterocycles. The molecule has 1 fully saturated rings. The van der Waals surface area contributed by atoms with E-state index in [9.17, 15) is 0 Å². The number of hydrogen-bond donors (Lipinski definition) is 2. The zero-order valence-corrected chi connectivity index (χ0v) is 5.64. The van der Waals surface area contributed by atoms with E-state index in [-0.39, 0.29) is 0 Å². The van der Waals surface area contributed by atoms with Crippen LogP contribution >= 0.6 is 0 Å². The van der Waals surface area contributed by atoms with Crippen molar-refractivity contribution in [2.75, 3.05) is 19.7 Å². The summed E-state index contributed by atoms with van der Waals surface area (Å²) in [5.41, 5.74) is 0. The topological polar surface area (TPSA) is 32.3 Å². The molecule has 53 valence electrons. The van der Waals surface area contributed by atoms with Crippen LogP contribution in [-0.2, 0) is 0 Å². The van der Waals surface area contributed by atoms with Crippen molar-refractivity contribution in [2.24, 2.45) is 5.92 Å². The number of rotatable bonds is 3. The highest BCUT2D eigenvalue weighted by Gasteiger charge is 2.12. The highest BCUT2D eigenvalue weighted by Crippen LogP contribution is 2.11. The SMILES string of the molecule is OCC[CH][C@H]1CCNC1. The zero-order valence-electron chi connectivity index (χ0n) is 5.64. The third-order valence-electron chi connectivity index (χ3n) is 1.73. The zero-order chi connectivity index (χ0) is 6.53. The van der Waals surface area contributed by atoms with Crippen molar-refractivity contribution in [1.82, 2.24) is 5.32 Å². The molecule has 0 aliphatic carbocycles. The van der Waals surface area contributed by atoms with Crippen LogP contribution in [-0.4, -0.2) is 24.8 Å². The van der Waals surface area contributed by atoms with Gasteiger partial charge in [0.05, 0.1) is 0 Å². The Kier molecular flexibility index (Phi) is 3.01. The highest BCUT2D eigenvalue weighted by atomic mass is 16.2. The van der Waals surface area contributed by atoms with Gasteiger partial charge in [-0.05, 0) is 38.3 Å². The maximum atomic E-state index is 8.47. The van der Waals surface area contributed by atoms with Gasteiger partial charge in [0.25, 0.3) is 0 Å². The fraction of sp³-hybridized carbons (Fsp3) is 0.857. The molecular formula is C7H14NO. The Labute approximate surface area is 56.3 Å². The van der Waals surface area contributed by atoms with E-state index >= 15 is 0 Å². The van der Waals surface area contributed by atoms with Crippen LogP contribution in [0.5, 0.6) is 0 Å². The third kappa shape index (κ3) is 2.33. The van der Waals surface area contributed by atoms with Gasteiger partial charge < -0.3 is 10.4 Å².